The summed E-state index contributed by atoms with van der Waals surface area (Å²) in [5.41, 5.74) is 1.73. The van der Waals surface area contributed by atoms with Gasteiger partial charge in [0.15, 0.2) is 0 Å². The number of hydrogen-bond acceptors (Lipinski definition) is 4. The summed E-state index contributed by atoms with van der Waals surface area (Å²) in [6.07, 6.45) is 1.41. The smallest absolute Gasteiger partial charge is 0.276 e. The monoisotopic (exact) mass is 434 g/mol. The summed E-state index contributed by atoms with van der Waals surface area (Å²) in [7, 11) is -3.74. The lowest BCUT2D eigenvalue weighted by Gasteiger charge is -2.06. The normalized spacial score (nSPS) is 11.5. The van der Waals surface area contributed by atoms with Crippen molar-refractivity contribution in [2.75, 3.05) is 0 Å². The van der Waals surface area contributed by atoms with Crippen molar-refractivity contribution in [3.05, 3.63) is 94.0 Å². The fraction of sp³-hybridized carbons (Fsp3) is 0.0500. The average molecular weight is 435 g/mol. The Balaban J connectivity index is 1.56. The van der Waals surface area contributed by atoms with E-state index in [-0.39, 0.29) is 4.90 Å². The average Bonchev–Trinajstić information content (AvgIpc) is 2.69. The molecular formula is C20H16Cl2N2O3S. The molecule has 0 saturated heterocycles. The molecule has 8 heteroatoms. The quantitative estimate of drug-likeness (QED) is 0.425. The van der Waals surface area contributed by atoms with Gasteiger partial charge in [-0.2, -0.15) is 13.5 Å². The first-order chi connectivity index (χ1) is 13.4. The van der Waals surface area contributed by atoms with Gasteiger partial charge in [0.05, 0.1) is 11.1 Å². The molecule has 28 heavy (non-hydrogen) atoms. The van der Waals surface area contributed by atoms with E-state index in [2.05, 4.69) is 9.93 Å². The number of sulfonamides is 1. The van der Waals surface area contributed by atoms with Gasteiger partial charge in [0.1, 0.15) is 12.4 Å². The molecule has 0 bridgehead atoms. The van der Waals surface area contributed by atoms with E-state index in [1.54, 1.807) is 24.3 Å². The van der Waals surface area contributed by atoms with E-state index in [0.29, 0.717) is 22.4 Å². The highest BCUT2D eigenvalue weighted by molar-refractivity contribution is 7.89. The van der Waals surface area contributed by atoms with Gasteiger partial charge in [-0.25, -0.2) is 4.83 Å². The first kappa shape index (κ1) is 20.2. The SMILES string of the molecule is O=S(=O)(N/N=C\c1ccc(OCc2ccc(Cl)cc2)cc1)c1ccc(Cl)cc1. The molecule has 0 aliphatic carbocycles. The first-order valence-corrected chi connectivity index (χ1v) is 10.4. The number of halogens is 2. The van der Waals surface area contributed by atoms with Crippen LogP contribution in [-0.2, 0) is 16.6 Å². The van der Waals surface area contributed by atoms with E-state index in [1.807, 2.05) is 24.3 Å². The Kier molecular flexibility index (Phi) is 6.57. The van der Waals surface area contributed by atoms with Crippen LogP contribution < -0.4 is 9.57 Å². The van der Waals surface area contributed by atoms with Gasteiger partial charge in [-0.3, -0.25) is 0 Å². The molecule has 5 nitrogen and oxygen atoms in total. The van der Waals surface area contributed by atoms with E-state index < -0.39 is 10.0 Å². The van der Waals surface area contributed by atoms with Crippen molar-refractivity contribution >= 4 is 39.4 Å². The third kappa shape index (κ3) is 5.73. The van der Waals surface area contributed by atoms with Crippen LogP contribution in [0.25, 0.3) is 0 Å². The van der Waals surface area contributed by atoms with E-state index in [4.69, 9.17) is 27.9 Å². The van der Waals surface area contributed by atoms with Gasteiger partial charge in [0.25, 0.3) is 10.0 Å². The predicted molar refractivity (Wildman–Crippen MR) is 112 cm³/mol. The fourth-order valence-electron chi connectivity index (χ4n) is 2.23. The summed E-state index contributed by atoms with van der Waals surface area (Å²) < 4.78 is 30.0. The third-order valence-electron chi connectivity index (χ3n) is 3.71. The van der Waals surface area contributed by atoms with Gasteiger partial charge >= 0.3 is 0 Å². The molecule has 3 aromatic rings. The molecule has 0 amide bonds. The maximum absolute atomic E-state index is 12.1. The van der Waals surface area contributed by atoms with Crippen molar-refractivity contribution in [2.45, 2.75) is 11.5 Å². The first-order valence-electron chi connectivity index (χ1n) is 8.20. The van der Waals surface area contributed by atoms with Gasteiger partial charge in [-0.15, -0.1) is 0 Å². The number of rotatable bonds is 7. The predicted octanol–water partition coefficient (Wildman–Crippen LogP) is 4.88. The molecule has 0 aliphatic heterocycles. The van der Waals surface area contributed by atoms with E-state index >= 15 is 0 Å². The topological polar surface area (TPSA) is 67.8 Å². The van der Waals surface area contributed by atoms with Crippen LogP contribution in [0.2, 0.25) is 10.0 Å². The van der Waals surface area contributed by atoms with Crippen LogP contribution in [0.5, 0.6) is 5.75 Å². The Bertz CT molecular complexity index is 1050. The maximum atomic E-state index is 12.1. The van der Waals surface area contributed by atoms with Crippen LogP contribution in [0.4, 0.5) is 0 Å². The number of benzene rings is 3. The van der Waals surface area contributed by atoms with E-state index in [0.717, 1.165) is 11.1 Å². The molecule has 0 saturated carbocycles. The van der Waals surface area contributed by atoms with Crippen molar-refractivity contribution < 1.29 is 13.2 Å². The summed E-state index contributed by atoms with van der Waals surface area (Å²) in [5, 5.41) is 4.93. The van der Waals surface area contributed by atoms with Crippen LogP contribution >= 0.6 is 23.2 Å². The van der Waals surface area contributed by atoms with Gasteiger partial charge in [-0.1, -0.05) is 35.3 Å². The van der Waals surface area contributed by atoms with Crippen molar-refractivity contribution in [3.8, 4) is 5.75 Å². The molecule has 144 valence electrons. The Morgan fingerprint density at radius 3 is 2.04 bits per heavy atom. The molecule has 0 atom stereocenters. The van der Waals surface area contributed by atoms with Gasteiger partial charge < -0.3 is 4.74 Å². The molecular weight excluding hydrogens is 419 g/mol. The minimum atomic E-state index is -3.74. The standard InChI is InChI=1S/C20H16Cl2N2O3S/c21-17-5-1-16(2-6-17)14-27-19-9-3-15(4-10-19)13-23-24-28(25,26)20-11-7-18(22)8-12-20/h1-13,24H,14H2/b23-13-. The highest BCUT2D eigenvalue weighted by Gasteiger charge is 2.11. The lowest BCUT2D eigenvalue weighted by molar-refractivity contribution is 0.306. The van der Waals surface area contributed by atoms with Crippen LogP contribution in [0.15, 0.2) is 82.8 Å². The fourth-order valence-corrected chi connectivity index (χ4v) is 3.28. The van der Waals surface area contributed by atoms with Gasteiger partial charge in [-0.05, 0) is 71.8 Å². The lowest BCUT2D eigenvalue weighted by Crippen LogP contribution is -2.18. The Labute approximate surface area is 173 Å². The lowest BCUT2D eigenvalue weighted by atomic mass is 10.2. The highest BCUT2D eigenvalue weighted by Crippen LogP contribution is 2.16. The highest BCUT2D eigenvalue weighted by atomic mass is 35.5. The zero-order valence-electron chi connectivity index (χ0n) is 14.5. The molecule has 0 aromatic heterocycles. The minimum absolute atomic E-state index is 0.0833. The van der Waals surface area contributed by atoms with Crippen molar-refractivity contribution in [3.63, 3.8) is 0 Å². The number of ether oxygens (including phenoxy) is 1. The van der Waals surface area contributed by atoms with Crippen LogP contribution in [0.3, 0.4) is 0 Å². The summed E-state index contributed by atoms with van der Waals surface area (Å²) in [5.74, 6) is 0.689. The molecule has 3 rings (SSSR count). The molecule has 3 aromatic carbocycles. The third-order valence-corrected chi connectivity index (χ3v) is 5.45. The summed E-state index contributed by atoms with van der Waals surface area (Å²) in [6, 6.07) is 20.4. The number of nitrogens with one attached hydrogen (secondary N) is 1. The van der Waals surface area contributed by atoms with Crippen LogP contribution in [0, 0.1) is 0 Å². The van der Waals surface area contributed by atoms with Crippen LogP contribution in [0.1, 0.15) is 11.1 Å². The Morgan fingerprint density at radius 2 is 1.43 bits per heavy atom. The van der Waals surface area contributed by atoms with Crippen molar-refractivity contribution in [1.82, 2.24) is 4.83 Å². The number of hydrazone groups is 1. The van der Waals surface area contributed by atoms with E-state index in [9.17, 15) is 8.42 Å². The number of hydrogen-bond donors (Lipinski definition) is 1. The Morgan fingerprint density at radius 1 is 0.857 bits per heavy atom. The van der Waals surface area contributed by atoms with E-state index in [1.165, 1.54) is 30.5 Å². The van der Waals surface area contributed by atoms with Gasteiger partial charge in [0.2, 0.25) is 0 Å². The summed E-state index contributed by atoms with van der Waals surface area (Å²) in [4.78, 5) is 2.25. The van der Waals surface area contributed by atoms with Crippen LogP contribution in [-0.4, -0.2) is 14.6 Å². The molecule has 0 aliphatic rings. The molecule has 0 fully saturated rings. The summed E-state index contributed by atoms with van der Waals surface area (Å²) >= 11 is 11.6. The minimum Gasteiger partial charge on any atom is -0.489 e. The van der Waals surface area contributed by atoms with Gasteiger partial charge in [0, 0.05) is 10.0 Å². The second kappa shape index (κ2) is 9.10. The molecule has 0 unspecified atom stereocenters. The van der Waals surface area contributed by atoms with Crippen molar-refractivity contribution in [1.29, 1.82) is 0 Å². The van der Waals surface area contributed by atoms with Crippen molar-refractivity contribution in [2.24, 2.45) is 5.10 Å². The second-order valence-electron chi connectivity index (χ2n) is 5.79. The molecule has 0 radical (unpaired) electrons. The Hall–Kier alpha value is -2.54. The zero-order chi connectivity index (χ0) is 20.0. The number of nitrogens with zero attached hydrogens (tertiary/aromatic N) is 1. The molecule has 1 N–H and O–H groups in total. The zero-order valence-corrected chi connectivity index (χ0v) is 16.9. The molecule has 0 heterocycles. The largest absolute Gasteiger partial charge is 0.489 e. The maximum Gasteiger partial charge on any atom is 0.276 e. The second-order valence-corrected chi connectivity index (χ2v) is 8.32. The molecule has 0 spiro atoms. The summed E-state index contributed by atoms with van der Waals surface area (Å²) in [6.45, 7) is 0.422.